The van der Waals surface area contributed by atoms with Crippen LogP contribution in [0.4, 0.5) is 22.0 Å². The summed E-state index contributed by atoms with van der Waals surface area (Å²) in [6, 6.07) is 0. The lowest BCUT2D eigenvalue weighted by Crippen LogP contribution is -2.38. The molecule has 0 aromatic rings. The molecule has 8 heteroatoms. The normalized spacial score (nSPS) is 12.8. The molecule has 0 unspecified atom stereocenters. The minimum Gasteiger partial charge on any atom is -0.463 e. The van der Waals surface area contributed by atoms with Crippen LogP contribution in [0.15, 0.2) is 0 Å². The van der Waals surface area contributed by atoms with E-state index in [4.69, 9.17) is 0 Å². The largest absolute Gasteiger partial charge is 0.527 e. The highest BCUT2D eigenvalue weighted by atomic mass is 19.4. The van der Waals surface area contributed by atoms with Crippen molar-refractivity contribution in [3.8, 4) is 0 Å². The molecule has 3 nitrogen and oxygen atoms in total. The van der Waals surface area contributed by atoms with E-state index in [0.29, 0.717) is 7.11 Å². The molecule has 0 rings (SSSR count). The van der Waals surface area contributed by atoms with E-state index in [1.54, 1.807) is 0 Å². The summed E-state index contributed by atoms with van der Waals surface area (Å²) < 4.78 is 62.7. The van der Waals surface area contributed by atoms with Gasteiger partial charge in [0.15, 0.2) is 0 Å². The SMILES string of the molecule is COC(=O)C(F)(F)OC(F)(F)F. The van der Waals surface area contributed by atoms with Gasteiger partial charge in [-0.15, -0.1) is 13.2 Å². The van der Waals surface area contributed by atoms with Gasteiger partial charge in [-0.2, -0.15) is 8.78 Å². The Morgan fingerprint density at radius 2 is 1.58 bits per heavy atom. The van der Waals surface area contributed by atoms with Crippen LogP contribution < -0.4 is 0 Å². The Kier molecular flexibility index (Phi) is 2.97. The lowest BCUT2D eigenvalue weighted by Gasteiger charge is -2.14. The third-order valence-electron chi connectivity index (χ3n) is 0.667. The zero-order valence-electron chi connectivity index (χ0n) is 5.61. The van der Waals surface area contributed by atoms with E-state index in [9.17, 15) is 26.7 Å². The monoisotopic (exact) mass is 194 g/mol. The highest BCUT2D eigenvalue weighted by Gasteiger charge is 2.51. The Morgan fingerprint density at radius 1 is 1.17 bits per heavy atom. The van der Waals surface area contributed by atoms with Crippen LogP contribution in [0.2, 0.25) is 0 Å². The molecule has 0 aliphatic heterocycles. The van der Waals surface area contributed by atoms with Gasteiger partial charge in [0.2, 0.25) is 0 Å². The van der Waals surface area contributed by atoms with E-state index < -0.39 is 18.4 Å². The van der Waals surface area contributed by atoms with Crippen molar-refractivity contribution in [1.29, 1.82) is 0 Å². The van der Waals surface area contributed by atoms with Crippen LogP contribution in [0, 0.1) is 0 Å². The van der Waals surface area contributed by atoms with Crippen molar-refractivity contribution in [2.75, 3.05) is 7.11 Å². The molecule has 0 heterocycles. The molecule has 0 saturated carbocycles. The zero-order valence-corrected chi connectivity index (χ0v) is 5.61. The van der Waals surface area contributed by atoms with E-state index >= 15 is 0 Å². The summed E-state index contributed by atoms with van der Waals surface area (Å²) in [6.45, 7) is 0. The lowest BCUT2D eigenvalue weighted by atomic mass is 10.6. The van der Waals surface area contributed by atoms with Crippen LogP contribution in [0.25, 0.3) is 0 Å². The number of rotatable bonds is 2. The van der Waals surface area contributed by atoms with Crippen LogP contribution in [-0.4, -0.2) is 25.6 Å². The molecule has 0 bridgehead atoms. The molecule has 72 valence electrons. The lowest BCUT2D eigenvalue weighted by molar-refractivity contribution is -0.413. The fourth-order valence-electron chi connectivity index (χ4n) is 0.306. The number of halogens is 5. The minimum atomic E-state index is -5.59. The first-order valence-corrected chi connectivity index (χ1v) is 2.42. The first-order valence-electron chi connectivity index (χ1n) is 2.42. The van der Waals surface area contributed by atoms with E-state index in [1.807, 2.05) is 0 Å². The summed E-state index contributed by atoms with van der Waals surface area (Å²) >= 11 is 0. The highest BCUT2D eigenvalue weighted by Crippen LogP contribution is 2.28. The van der Waals surface area contributed by atoms with Crippen molar-refractivity contribution in [1.82, 2.24) is 0 Å². The van der Waals surface area contributed by atoms with E-state index in [2.05, 4.69) is 9.47 Å². The van der Waals surface area contributed by atoms with Crippen molar-refractivity contribution in [2.24, 2.45) is 0 Å². The molecule has 0 amide bonds. The maximum Gasteiger partial charge on any atom is 0.527 e. The second-order valence-corrected chi connectivity index (χ2v) is 1.56. The van der Waals surface area contributed by atoms with Crippen molar-refractivity contribution in [3.63, 3.8) is 0 Å². The number of carbonyl (C=O) groups excluding carboxylic acids is 1. The number of methoxy groups -OCH3 is 1. The number of ether oxygens (including phenoxy) is 2. The van der Waals surface area contributed by atoms with Gasteiger partial charge >= 0.3 is 18.4 Å². The summed E-state index contributed by atoms with van der Waals surface area (Å²) in [7, 11) is 0.510. The molecule has 0 atom stereocenters. The van der Waals surface area contributed by atoms with Crippen molar-refractivity contribution >= 4 is 5.97 Å². The van der Waals surface area contributed by atoms with Crippen LogP contribution in [0.3, 0.4) is 0 Å². The first-order chi connectivity index (χ1) is 5.19. The first kappa shape index (κ1) is 11.1. The van der Waals surface area contributed by atoms with Gasteiger partial charge in [-0.05, 0) is 0 Å². The number of carbonyl (C=O) groups is 1. The standard InChI is InChI=1S/C4H3F5O3/c1-11-2(10)3(5,6)12-4(7,8)9/h1H3. The fraction of sp³-hybridized carbons (Fsp3) is 0.750. The smallest absolute Gasteiger partial charge is 0.463 e. The van der Waals surface area contributed by atoms with E-state index in [-0.39, 0.29) is 0 Å². The molecule has 0 spiro atoms. The molecular formula is C4H3F5O3. The second-order valence-electron chi connectivity index (χ2n) is 1.56. The van der Waals surface area contributed by atoms with Crippen molar-refractivity contribution < 1.29 is 36.2 Å². The van der Waals surface area contributed by atoms with Crippen molar-refractivity contribution in [2.45, 2.75) is 12.5 Å². The van der Waals surface area contributed by atoms with Crippen LogP contribution in [0.5, 0.6) is 0 Å². The molecule has 0 aromatic heterocycles. The number of alkyl halides is 5. The van der Waals surface area contributed by atoms with Gasteiger partial charge in [0.25, 0.3) is 0 Å². The van der Waals surface area contributed by atoms with Crippen LogP contribution >= 0.6 is 0 Å². The highest BCUT2D eigenvalue weighted by molar-refractivity contribution is 5.75. The average Bonchev–Trinajstić information content (AvgIpc) is 1.80. The Morgan fingerprint density at radius 3 is 1.83 bits per heavy atom. The molecule has 0 saturated heterocycles. The second kappa shape index (κ2) is 3.21. The van der Waals surface area contributed by atoms with Crippen LogP contribution in [0.1, 0.15) is 0 Å². The fourth-order valence-corrected chi connectivity index (χ4v) is 0.306. The summed E-state index contributed by atoms with van der Waals surface area (Å²) in [5.41, 5.74) is 0. The predicted molar refractivity (Wildman–Crippen MR) is 24.1 cm³/mol. The minimum absolute atomic E-state index is 0.510. The summed E-state index contributed by atoms with van der Waals surface area (Å²) in [4.78, 5) is 9.91. The Balaban J connectivity index is 4.32. The molecule has 0 aliphatic carbocycles. The van der Waals surface area contributed by atoms with Gasteiger partial charge in [0.1, 0.15) is 0 Å². The molecule has 0 radical (unpaired) electrons. The van der Waals surface area contributed by atoms with Gasteiger partial charge in [-0.3, -0.25) is 0 Å². The molecule has 0 aromatic carbocycles. The number of hydrogen-bond donors (Lipinski definition) is 0. The van der Waals surface area contributed by atoms with Gasteiger partial charge in [-0.25, -0.2) is 9.53 Å². The van der Waals surface area contributed by atoms with Crippen molar-refractivity contribution in [3.05, 3.63) is 0 Å². The van der Waals surface area contributed by atoms with Gasteiger partial charge in [0.05, 0.1) is 7.11 Å². The maximum atomic E-state index is 11.9. The number of hydrogen-bond acceptors (Lipinski definition) is 3. The van der Waals surface area contributed by atoms with Gasteiger partial charge in [-0.1, -0.05) is 0 Å². The molecule has 0 fully saturated rings. The molecule has 12 heavy (non-hydrogen) atoms. The Labute approximate surface area is 63.1 Å². The summed E-state index contributed by atoms with van der Waals surface area (Å²) in [5, 5.41) is 0. The zero-order chi connectivity index (χ0) is 9.99. The van der Waals surface area contributed by atoms with Crippen LogP contribution in [-0.2, 0) is 14.3 Å². The molecular weight excluding hydrogens is 191 g/mol. The molecule has 0 aliphatic rings. The summed E-state index contributed by atoms with van der Waals surface area (Å²) in [5.74, 6) is -2.40. The van der Waals surface area contributed by atoms with E-state index in [0.717, 1.165) is 0 Å². The summed E-state index contributed by atoms with van der Waals surface area (Å²) in [6.07, 6.45) is -10.6. The van der Waals surface area contributed by atoms with Gasteiger partial charge in [0, 0.05) is 0 Å². The number of esters is 1. The molecule has 0 N–H and O–H groups in total. The third-order valence-corrected chi connectivity index (χ3v) is 0.667. The Hall–Kier alpha value is -0.920. The van der Waals surface area contributed by atoms with E-state index in [1.165, 1.54) is 0 Å². The third kappa shape index (κ3) is 3.46. The maximum absolute atomic E-state index is 11.9. The Bertz CT molecular complexity index is 174. The topological polar surface area (TPSA) is 35.5 Å². The van der Waals surface area contributed by atoms with Gasteiger partial charge < -0.3 is 4.74 Å². The average molecular weight is 194 g/mol. The quantitative estimate of drug-likeness (QED) is 0.490. The predicted octanol–water partition coefficient (Wildman–Crippen LogP) is 1.29.